The number of carbonyl (C=O) groups is 1. The van der Waals surface area contributed by atoms with Crippen molar-refractivity contribution in [3.05, 3.63) is 52.6 Å². The molecule has 1 N–H and O–H groups in total. The van der Waals surface area contributed by atoms with E-state index in [1.54, 1.807) is 39.2 Å². The topological polar surface area (TPSA) is 83.5 Å². The average Bonchev–Trinajstić information content (AvgIpc) is 2.73. The van der Waals surface area contributed by atoms with Crippen LogP contribution < -0.4 is 14.2 Å². The zero-order valence-corrected chi connectivity index (χ0v) is 17.3. The molecule has 0 heterocycles. The number of ketones is 1. The molecule has 0 spiro atoms. The quantitative estimate of drug-likeness (QED) is 0.367. The van der Waals surface area contributed by atoms with Crippen molar-refractivity contribution in [3.8, 4) is 23.0 Å². The second kappa shape index (κ2) is 10.5. The van der Waals surface area contributed by atoms with Crippen molar-refractivity contribution in [1.82, 2.24) is 0 Å². The number of carbonyl (C=O) groups excluding carboxylic acids is 1. The molecule has 156 valence electrons. The first-order chi connectivity index (χ1) is 13.9. The van der Waals surface area contributed by atoms with Gasteiger partial charge < -0.3 is 28.8 Å². The van der Waals surface area contributed by atoms with Crippen LogP contribution in [0.25, 0.3) is 6.08 Å². The molecule has 0 aliphatic heterocycles. The molecule has 0 aliphatic rings. The molecule has 2 rings (SSSR count). The van der Waals surface area contributed by atoms with E-state index in [1.807, 2.05) is 12.1 Å². The van der Waals surface area contributed by atoms with Crippen LogP contribution in [-0.2, 0) is 9.47 Å². The van der Waals surface area contributed by atoms with Gasteiger partial charge in [-0.05, 0) is 37.6 Å². The minimum absolute atomic E-state index is 0.0154. The predicted molar refractivity (Wildman–Crippen MR) is 109 cm³/mol. The first-order valence-corrected chi connectivity index (χ1v) is 8.90. The van der Waals surface area contributed by atoms with E-state index in [0.29, 0.717) is 22.6 Å². The van der Waals surface area contributed by atoms with Crippen LogP contribution in [0.5, 0.6) is 23.0 Å². The van der Waals surface area contributed by atoms with Crippen molar-refractivity contribution < 1.29 is 33.6 Å². The lowest BCUT2D eigenvalue weighted by Gasteiger charge is -2.18. The van der Waals surface area contributed by atoms with E-state index in [1.165, 1.54) is 20.3 Å². The van der Waals surface area contributed by atoms with Crippen LogP contribution in [0, 0.1) is 13.8 Å². The molecule has 0 atom stereocenters. The highest BCUT2D eigenvalue weighted by molar-refractivity contribution is 6.11. The summed E-state index contributed by atoms with van der Waals surface area (Å²) in [4.78, 5) is 12.8. The smallest absolute Gasteiger partial charge is 0.193 e. The summed E-state index contributed by atoms with van der Waals surface area (Å²) in [6.45, 7) is 3.61. The second-order valence-corrected chi connectivity index (χ2v) is 6.20. The van der Waals surface area contributed by atoms with Crippen molar-refractivity contribution >= 4 is 11.9 Å². The number of hydrogen-bond acceptors (Lipinski definition) is 7. The minimum Gasteiger partial charge on any atom is -0.507 e. The number of rotatable bonds is 10. The van der Waals surface area contributed by atoms with Gasteiger partial charge in [0.1, 0.15) is 28.6 Å². The van der Waals surface area contributed by atoms with Gasteiger partial charge in [0.15, 0.2) is 19.4 Å². The molecule has 0 amide bonds. The van der Waals surface area contributed by atoms with Crippen LogP contribution in [-0.4, -0.2) is 45.8 Å². The highest BCUT2D eigenvalue weighted by Crippen LogP contribution is 2.42. The summed E-state index contributed by atoms with van der Waals surface area (Å²) >= 11 is 0. The molecule has 2 aromatic carbocycles. The molecule has 0 fully saturated rings. The number of methoxy groups -OCH3 is 3. The molecule has 0 saturated heterocycles. The van der Waals surface area contributed by atoms with Gasteiger partial charge in [0.05, 0.1) is 7.11 Å². The van der Waals surface area contributed by atoms with Crippen molar-refractivity contribution in [2.75, 3.05) is 34.9 Å². The zero-order chi connectivity index (χ0) is 21.4. The van der Waals surface area contributed by atoms with Crippen molar-refractivity contribution in [2.24, 2.45) is 0 Å². The molecule has 0 unspecified atom stereocenters. The van der Waals surface area contributed by atoms with Crippen LogP contribution in [0.1, 0.15) is 27.0 Å². The lowest BCUT2D eigenvalue weighted by Crippen LogP contribution is -2.08. The molecule has 29 heavy (non-hydrogen) atoms. The van der Waals surface area contributed by atoms with E-state index in [0.717, 1.165) is 5.56 Å². The monoisotopic (exact) mass is 402 g/mol. The fourth-order valence-corrected chi connectivity index (χ4v) is 2.85. The number of phenolic OH excluding ortho intramolecular Hbond substituents is 1. The number of phenols is 1. The second-order valence-electron chi connectivity index (χ2n) is 6.20. The number of aromatic hydroxyl groups is 1. The molecule has 2 aromatic rings. The van der Waals surface area contributed by atoms with Gasteiger partial charge in [0.25, 0.3) is 0 Å². The molecule has 0 aliphatic carbocycles. The highest BCUT2D eigenvalue weighted by Gasteiger charge is 2.24. The molecule has 0 saturated carbocycles. The maximum Gasteiger partial charge on any atom is 0.193 e. The Labute approximate surface area is 170 Å². The Morgan fingerprint density at radius 3 is 2.14 bits per heavy atom. The molecule has 0 aromatic heterocycles. The number of allylic oxidation sites excluding steroid dienone is 1. The van der Waals surface area contributed by atoms with Crippen LogP contribution in [0.2, 0.25) is 0 Å². The van der Waals surface area contributed by atoms with Crippen molar-refractivity contribution in [1.29, 1.82) is 0 Å². The summed E-state index contributed by atoms with van der Waals surface area (Å²) in [5.41, 5.74) is 1.94. The molecule has 0 bridgehead atoms. The van der Waals surface area contributed by atoms with Crippen LogP contribution in [0.15, 0.2) is 30.3 Å². The van der Waals surface area contributed by atoms with Crippen LogP contribution in [0.4, 0.5) is 0 Å². The van der Waals surface area contributed by atoms with Gasteiger partial charge >= 0.3 is 0 Å². The lowest BCUT2D eigenvalue weighted by molar-refractivity contribution is 0.0497. The Morgan fingerprint density at radius 1 is 0.931 bits per heavy atom. The standard InChI is InChI=1S/C22H26O7/c1-14-20(24)19(22(27-5)15(2)21(14)29-13-26-4)18(23)11-8-16-6-9-17(10-7-16)28-12-25-3/h6-11,24H,12-13H2,1-5H3. The van der Waals surface area contributed by atoms with Gasteiger partial charge in [-0.2, -0.15) is 0 Å². The lowest BCUT2D eigenvalue weighted by atomic mass is 9.98. The molecule has 7 heteroatoms. The van der Waals surface area contributed by atoms with Gasteiger partial charge in [0, 0.05) is 25.3 Å². The number of hydrogen-bond donors (Lipinski definition) is 1. The van der Waals surface area contributed by atoms with E-state index >= 15 is 0 Å². The van der Waals surface area contributed by atoms with E-state index in [9.17, 15) is 9.90 Å². The summed E-state index contributed by atoms with van der Waals surface area (Å²) in [6, 6.07) is 7.17. The van der Waals surface area contributed by atoms with Gasteiger partial charge in [-0.1, -0.05) is 18.2 Å². The van der Waals surface area contributed by atoms with Gasteiger partial charge in [-0.15, -0.1) is 0 Å². The fourth-order valence-electron chi connectivity index (χ4n) is 2.85. The zero-order valence-electron chi connectivity index (χ0n) is 17.3. The number of benzene rings is 2. The maximum absolute atomic E-state index is 12.8. The largest absolute Gasteiger partial charge is 0.507 e. The summed E-state index contributed by atoms with van der Waals surface area (Å²) in [5, 5.41) is 10.6. The van der Waals surface area contributed by atoms with Gasteiger partial charge in [-0.25, -0.2) is 0 Å². The molecule has 0 radical (unpaired) electrons. The Balaban J connectivity index is 2.31. The van der Waals surface area contributed by atoms with Gasteiger partial charge in [-0.3, -0.25) is 4.79 Å². The summed E-state index contributed by atoms with van der Waals surface area (Å²) in [5.74, 6) is 0.776. The average molecular weight is 402 g/mol. The number of ether oxygens (including phenoxy) is 5. The SMILES string of the molecule is COCOc1ccc(C=CC(=O)c2c(O)c(C)c(OCOC)c(C)c2OC)cc1. The Bertz CT molecular complexity index is 870. The van der Waals surface area contributed by atoms with E-state index < -0.39 is 0 Å². The summed E-state index contributed by atoms with van der Waals surface area (Å²) in [7, 11) is 4.49. The third kappa shape index (κ3) is 5.28. The Morgan fingerprint density at radius 2 is 1.55 bits per heavy atom. The van der Waals surface area contributed by atoms with Crippen LogP contribution >= 0.6 is 0 Å². The van der Waals surface area contributed by atoms with Crippen molar-refractivity contribution in [3.63, 3.8) is 0 Å². The van der Waals surface area contributed by atoms with E-state index in [2.05, 4.69) is 0 Å². The summed E-state index contributed by atoms with van der Waals surface area (Å²) in [6.07, 6.45) is 3.04. The van der Waals surface area contributed by atoms with Gasteiger partial charge in [0.2, 0.25) is 0 Å². The van der Waals surface area contributed by atoms with E-state index in [-0.39, 0.29) is 36.4 Å². The van der Waals surface area contributed by atoms with Crippen molar-refractivity contribution in [2.45, 2.75) is 13.8 Å². The Hall–Kier alpha value is -3.03. The molecule has 7 nitrogen and oxygen atoms in total. The third-order valence-corrected chi connectivity index (χ3v) is 4.26. The fraction of sp³-hybridized carbons (Fsp3) is 0.318. The maximum atomic E-state index is 12.8. The predicted octanol–water partition coefficient (Wildman–Crippen LogP) is 3.88. The molecular weight excluding hydrogens is 376 g/mol. The highest BCUT2D eigenvalue weighted by atomic mass is 16.7. The normalized spacial score (nSPS) is 10.9. The Kier molecular flexibility index (Phi) is 8.06. The first-order valence-electron chi connectivity index (χ1n) is 8.90. The minimum atomic E-state index is -0.386. The third-order valence-electron chi connectivity index (χ3n) is 4.26. The van der Waals surface area contributed by atoms with Crippen LogP contribution in [0.3, 0.4) is 0 Å². The first kappa shape index (κ1) is 22.3. The van der Waals surface area contributed by atoms with E-state index in [4.69, 9.17) is 23.7 Å². The molecular formula is C22H26O7. The summed E-state index contributed by atoms with van der Waals surface area (Å²) < 4.78 is 26.0.